The molecule has 0 unspecified atom stereocenters. The summed E-state index contributed by atoms with van der Waals surface area (Å²) >= 11 is 0. The molecular formula is C18H14N2O2. The molecule has 4 nitrogen and oxygen atoms in total. The van der Waals surface area contributed by atoms with Gasteiger partial charge < -0.3 is 4.74 Å². The van der Waals surface area contributed by atoms with Crippen molar-refractivity contribution in [2.24, 2.45) is 0 Å². The molecule has 0 aliphatic carbocycles. The lowest BCUT2D eigenvalue weighted by atomic mass is 10.1. The van der Waals surface area contributed by atoms with Gasteiger partial charge in [0.25, 0.3) is 0 Å². The van der Waals surface area contributed by atoms with Gasteiger partial charge in [-0.25, -0.2) is 14.8 Å². The largest absolute Gasteiger partial charge is 0.458 e. The highest BCUT2D eigenvalue weighted by molar-refractivity contribution is 5.94. The predicted octanol–water partition coefficient (Wildman–Crippen LogP) is 3.50. The molecule has 3 aromatic rings. The van der Waals surface area contributed by atoms with Crippen molar-refractivity contribution in [2.75, 3.05) is 6.61 Å². The minimum atomic E-state index is -0.363. The number of esters is 1. The topological polar surface area (TPSA) is 52.1 Å². The van der Waals surface area contributed by atoms with Crippen LogP contribution in [-0.2, 0) is 4.74 Å². The predicted molar refractivity (Wildman–Crippen MR) is 85.3 cm³/mol. The second-order valence-electron chi connectivity index (χ2n) is 4.71. The molecule has 2 aromatic carbocycles. The van der Waals surface area contributed by atoms with E-state index in [9.17, 15) is 4.79 Å². The van der Waals surface area contributed by atoms with Crippen LogP contribution in [0.15, 0.2) is 67.1 Å². The maximum Gasteiger partial charge on any atom is 0.338 e. The van der Waals surface area contributed by atoms with Gasteiger partial charge in [-0.15, -0.1) is 0 Å². The van der Waals surface area contributed by atoms with E-state index >= 15 is 0 Å². The van der Waals surface area contributed by atoms with Crippen molar-refractivity contribution in [1.29, 1.82) is 0 Å². The zero-order chi connectivity index (χ0) is 15.2. The second kappa shape index (κ2) is 6.63. The van der Waals surface area contributed by atoms with Crippen LogP contribution in [0.5, 0.6) is 0 Å². The molecule has 4 heteroatoms. The minimum Gasteiger partial charge on any atom is -0.458 e. The van der Waals surface area contributed by atoms with Crippen LogP contribution in [0.4, 0.5) is 0 Å². The first-order valence-electron chi connectivity index (χ1n) is 6.91. The number of benzene rings is 2. The molecule has 22 heavy (non-hydrogen) atoms. The fraction of sp³-hybridized carbons (Fsp3) is 0.0556. The van der Waals surface area contributed by atoms with Crippen LogP contribution >= 0.6 is 0 Å². The van der Waals surface area contributed by atoms with Gasteiger partial charge in [0.05, 0.1) is 11.1 Å². The lowest BCUT2D eigenvalue weighted by molar-refractivity contribution is 0.0550. The molecule has 0 aliphatic rings. The fourth-order valence-electron chi connectivity index (χ4n) is 2.06. The Labute approximate surface area is 128 Å². The summed E-state index contributed by atoms with van der Waals surface area (Å²) in [7, 11) is 0. The average molecular weight is 290 g/mol. The molecule has 0 N–H and O–H groups in total. The van der Waals surface area contributed by atoms with Gasteiger partial charge in [0.2, 0.25) is 0 Å². The number of fused-ring (bicyclic) bond motifs is 1. The van der Waals surface area contributed by atoms with E-state index in [-0.39, 0.29) is 12.6 Å². The summed E-state index contributed by atoms with van der Waals surface area (Å²) in [5.74, 6) is -0.363. The van der Waals surface area contributed by atoms with E-state index in [1.807, 2.05) is 48.6 Å². The molecule has 0 aliphatic heterocycles. The third-order valence-electron chi connectivity index (χ3n) is 3.16. The summed E-state index contributed by atoms with van der Waals surface area (Å²) in [6.07, 6.45) is 6.90. The smallest absolute Gasteiger partial charge is 0.338 e. The van der Waals surface area contributed by atoms with Crippen LogP contribution in [0, 0.1) is 0 Å². The molecule has 0 saturated carbocycles. The molecule has 0 saturated heterocycles. The van der Waals surface area contributed by atoms with Gasteiger partial charge in [0, 0.05) is 11.6 Å². The zero-order valence-electron chi connectivity index (χ0n) is 11.8. The monoisotopic (exact) mass is 290 g/mol. The van der Waals surface area contributed by atoms with E-state index in [2.05, 4.69) is 9.97 Å². The van der Waals surface area contributed by atoms with Gasteiger partial charge in [0.15, 0.2) is 0 Å². The van der Waals surface area contributed by atoms with E-state index in [1.165, 1.54) is 6.33 Å². The molecule has 0 atom stereocenters. The number of hydrogen-bond donors (Lipinski definition) is 0. The molecule has 0 bridgehead atoms. The highest BCUT2D eigenvalue weighted by Crippen LogP contribution is 2.13. The number of hydrogen-bond acceptors (Lipinski definition) is 4. The molecule has 0 spiro atoms. The first kappa shape index (κ1) is 13.9. The van der Waals surface area contributed by atoms with Crippen LogP contribution in [0.1, 0.15) is 15.9 Å². The van der Waals surface area contributed by atoms with E-state index in [1.54, 1.807) is 18.3 Å². The number of ether oxygens (including phenoxy) is 1. The molecule has 0 radical (unpaired) electrons. The molecule has 3 rings (SSSR count). The first-order valence-corrected chi connectivity index (χ1v) is 6.91. The van der Waals surface area contributed by atoms with Gasteiger partial charge in [0.1, 0.15) is 12.9 Å². The number of aromatic nitrogens is 2. The quantitative estimate of drug-likeness (QED) is 0.690. The summed E-state index contributed by atoms with van der Waals surface area (Å²) < 4.78 is 5.23. The lowest BCUT2D eigenvalue weighted by Crippen LogP contribution is -2.05. The molecular weight excluding hydrogens is 276 g/mol. The Morgan fingerprint density at radius 1 is 1.14 bits per heavy atom. The van der Waals surface area contributed by atoms with Crippen molar-refractivity contribution in [3.05, 3.63) is 78.3 Å². The van der Waals surface area contributed by atoms with Crippen LogP contribution in [0.2, 0.25) is 0 Å². The fourth-order valence-corrected chi connectivity index (χ4v) is 2.06. The van der Waals surface area contributed by atoms with Crippen molar-refractivity contribution in [2.45, 2.75) is 0 Å². The van der Waals surface area contributed by atoms with Crippen molar-refractivity contribution in [3.8, 4) is 0 Å². The Morgan fingerprint density at radius 2 is 2.00 bits per heavy atom. The summed E-state index contributed by atoms with van der Waals surface area (Å²) in [5.41, 5.74) is 2.28. The zero-order valence-corrected chi connectivity index (χ0v) is 11.8. The van der Waals surface area contributed by atoms with Gasteiger partial charge in [-0.2, -0.15) is 0 Å². The van der Waals surface area contributed by atoms with Gasteiger partial charge in [-0.3, -0.25) is 0 Å². The van der Waals surface area contributed by atoms with E-state index in [0.29, 0.717) is 5.56 Å². The van der Waals surface area contributed by atoms with Crippen molar-refractivity contribution in [1.82, 2.24) is 9.97 Å². The van der Waals surface area contributed by atoms with Crippen molar-refractivity contribution in [3.63, 3.8) is 0 Å². The van der Waals surface area contributed by atoms with Crippen LogP contribution in [0.3, 0.4) is 0 Å². The summed E-state index contributed by atoms with van der Waals surface area (Å²) in [4.78, 5) is 20.1. The molecule has 0 fully saturated rings. The third kappa shape index (κ3) is 3.35. The van der Waals surface area contributed by atoms with Crippen molar-refractivity contribution < 1.29 is 9.53 Å². The highest BCUT2D eigenvalue weighted by atomic mass is 16.5. The van der Waals surface area contributed by atoms with Crippen molar-refractivity contribution >= 4 is 22.9 Å². The Balaban J connectivity index is 1.62. The molecule has 1 aromatic heterocycles. The molecule has 1 heterocycles. The minimum absolute atomic E-state index is 0.232. The Morgan fingerprint density at radius 3 is 2.86 bits per heavy atom. The Kier molecular flexibility index (Phi) is 4.20. The standard InChI is InChI=1S/C18H14N2O2/c21-18(22-10-4-7-14-5-2-1-3-6-14)15-8-9-16-12-19-13-20-17(16)11-15/h1-9,11-13H,10H2. The SMILES string of the molecule is O=C(OCC=Cc1ccccc1)c1ccc2cncnc2c1. The maximum atomic E-state index is 12.0. The number of rotatable bonds is 4. The third-order valence-corrected chi connectivity index (χ3v) is 3.16. The average Bonchev–Trinajstić information content (AvgIpc) is 2.59. The maximum absolute atomic E-state index is 12.0. The number of carbonyl (C=O) groups excluding carboxylic acids is 1. The van der Waals surface area contributed by atoms with E-state index in [0.717, 1.165) is 16.5 Å². The summed E-state index contributed by atoms with van der Waals surface area (Å²) in [6, 6.07) is 15.1. The van der Waals surface area contributed by atoms with E-state index in [4.69, 9.17) is 4.74 Å². The van der Waals surface area contributed by atoms with Gasteiger partial charge in [-0.1, -0.05) is 42.5 Å². The van der Waals surface area contributed by atoms with Gasteiger partial charge >= 0.3 is 5.97 Å². The Bertz CT molecular complexity index is 813. The van der Waals surface area contributed by atoms with E-state index < -0.39 is 0 Å². The Hall–Kier alpha value is -3.01. The van der Waals surface area contributed by atoms with Crippen LogP contribution in [-0.4, -0.2) is 22.5 Å². The summed E-state index contributed by atoms with van der Waals surface area (Å²) in [6.45, 7) is 0.232. The molecule has 108 valence electrons. The number of nitrogens with zero attached hydrogens (tertiary/aromatic N) is 2. The molecule has 0 amide bonds. The number of carbonyl (C=O) groups is 1. The van der Waals surface area contributed by atoms with Crippen LogP contribution < -0.4 is 0 Å². The highest BCUT2D eigenvalue weighted by Gasteiger charge is 2.07. The van der Waals surface area contributed by atoms with Gasteiger partial charge in [-0.05, 0) is 23.8 Å². The second-order valence-corrected chi connectivity index (χ2v) is 4.71. The first-order chi connectivity index (χ1) is 10.8. The lowest BCUT2D eigenvalue weighted by Gasteiger charge is -2.03. The normalized spacial score (nSPS) is 10.9. The van der Waals surface area contributed by atoms with Crippen LogP contribution in [0.25, 0.3) is 17.0 Å². The summed E-state index contributed by atoms with van der Waals surface area (Å²) in [5, 5.41) is 0.892.